The first-order valence-electron chi connectivity index (χ1n) is 9.91. The molecule has 1 amide bonds. The van der Waals surface area contributed by atoms with Gasteiger partial charge < -0.3 is 10.1 Å². The first-order chi connectivity index (χ1) is 12.3. The first kappa shape index (κ1) is 21.6. The quantitative estimate of drug-likeness (QED) is 0.668. The van der Waals surface area contributed by atoms with Crippen molar-refractivity contribution < 1.29 is 17.9 Å². The minimum atomic E-state index is -3.23. The molecule has 0 aromatic heterocycles. The zero-order valence-corrected chi connectivity index (χ0v) is 17.3. The van der Waals surface area contributed by atoms with Crippen LogP contribution in [-0.2, 0) is 19.6 Å². The molecule has 0 bridgehead atoms. The number of nitrogens with one attached hydrogen (secondary N) is 1. The lowest BCUT2D eigenvalue weighted by atomic mass is 9.99. The van der Waals surface area contributed by atoms with Gasteiger partial charge in [0.1, 0.15) is 0 Å². The summed E-state index contributed by atoms with van der Waals surface area (Å²) in [7, 11) is -3.23. The Kier molecular flexibility index (Phi) is 8.32. The molecule has 2 unspecified atom stereocenters. The summed E-state index contributed by atoms with van der Waals surface area (Å²) in [5.41, 5.74) is 0. The van der Waals surface area contributed by atoms with Gasteiger partial charge in [0, 0.05) is 39.3 Å². The van der Waals surface area contributed by atoms with Crippen LogP contribution in [0.2, 0.25) is 0 Å². The van der Waals surface area contributed by atoms with Crippen molar-refractivity contribution in [2.45, 2.75) is 46.1 Å². The Hall–Kier alpha value is -0.700. The van der Waals surface area contributed by atoms with E-state index in [0.717, 1.165) is 32.5 Å². The van der Waals surface area contributed by atoms with E-state index in [1.165, 1.54) is 4.31 Å². The lowest BCUT2D eigenvalue weighted by Gasteiger charge is -2.35. The van der Waals surface area contributed by atoms with E-state index in [1.807, 2.05) is 6.92 Å². The molecular weight excluding hydrogens is 354 g/mol. The molecule has 0 saturated carbocycles. The number of ether oxygens (including phenoxy) is 1. The van der Waals surface area contributed by atoms with Gasteiger partial charge in [-0.15, -0.1) is 0 Å². The lowest BCUT2D eigenvalue weighted by molar-refractivity contribution is -0.127. The van der Waals surface area contributed by atoms with Gasteiger partial charge in [0.25, 0.3) is 0 Å². The summed E-state index contributed by atoms with van der Waals surface area (Å²) < 4.78 is 31.8. The lowest BCUT2D eigenvalue weighted by Crippen LogP contribution is -2.50. The number of morpholine rings is 1. The van der Waals surface area contributed by atoms with Crippen LogP contribution in [0.5, 0.6) is 0 Å². The molecule has 7 nitrogen and oxygen atoms in total. The molecule has 0 spiro atoms. The average molecular weight is 390 g/mol. The number of nitrogens with zero attached hydrogens (tertiary/aromatic N) is 2. The molecule has 0 radical (unpaired) electrons. The molecular formula is C18H35N3O4S. The van der Waals surface area contributed by atoms with E-state index in [2.05, 4.69) is 24.1 Å². The van der Waals surface area contributed by atoms with E-state index in [0.29, 0.717) is 38.6 Å². The van der Waals surface area contributed by atoms with Crippen LogP contribution in [0.15, 0.2) is 0 Å². The number of rotatable bonds is 8. The van der Waals surface area contributed by atoms with Crippen LogP contribution in [0.3, 0.4) is 0 Å². The van der Waals surface area contributed by atoms with Crippen LogP contribution < -0.4 is 5.32 Å². The Labute approximate surface area is 158 Å². The fourth-order valence-electron chi connectivity index (χ4n) is 3.74. The Morgan fingerprint density at radius 3 is 2.73 bits per heavy atom. The maximum Gasteiger partial charge on any atom is 0.224 e. The standard InChI is InChI=1S/C18H35N3O4S/c1-4-10-26(23,24)21-7-5-6-16(13-21)18(22)19-11-17-14-20(8-9-25-17)12-15(2)3/h15-17H,4-14H2,1-3H3,(H,19,22). The third-order valence-corrected chi connectivity index (χ3v) is 7.00. The van der Waals surface area contributed by atoms with Crippen LogP contribution in [0.4, 0.5) is 0 Å². The fraction of sp³-hybridized carbons (Fsp3) is 0.944. The van der Waals surface area contributed by atoms with Crippen molar-refractivity contribution in [3.8, 4) is 0 Å². The summed E-state index contributed by atoms with van der Waals surface area (Å²) in [6.45, 7) is 11.1. The highest BCUT2D eigenvalue weighted by molar-refractivity contribution is 7.89. The maximum absolute atomic E-state index is 12.5. The number of hydrogen-bond donors (Lipinski definition) is 1. The van der Waals surface area contributed by atoms with Gasteiger partial charge in [0.15, 0.2) is 0 Å². The highest BCUT2D eigenvalue weighted by Crippen LogP contribution is 2.20. The van der Waals surface area contributed by atoms with Gasteiger partial charge in [-0.2, -0.15) is 0 Å². The molecule has 2 rings (SSSR count). The summed E-state index contributed by atoms with van der Waals surface area (Å²) >= 11 is 0. The predicted molar refractivity (Wildman–Crippen MR) is 102 cm³/mol. The summed E-state index contributed by atoms with van der Waals surface area (Å²) in [4.78, 5) is 14.9. The second-order valence-electron chi connectivity index (χ2n) is 7.90. The van der Waals surface area contributed by atoms with Gasteiger partial charge in [-0.05, 0) is 25.2 Å². The van der Waals surface area contributed by atoms with Crippen molar-refractivity contribution in [1.82, 2.24) is 14.5 Å². The Balaban J connectivity index is 1.80. The van der Waals surface area contributed by atoms with E-state index >= 15 is 0 Å². The molecule has 2 fully saturated rings. The molecule has 0 aromatic rings. The van der Waals surface area contributed by atoms with Crippen molar-refractivity contribution >= 4 is 15.9 Å². The van der Waals surface area contributed by atoms with E-state index in [4.69, 9.17) is 4.74 Å². The zero-order chi connectivity index (χ0) is 19.2. The second kappa shape index (κ2) is 10.0. The van der Waals surface area contributed by atoms with Gasteiger partial charge in [-0.3, -0.25) is 9.69 Å². The molecule has 2 heterocycles. The fourth-order valence-corrected chi connectivity index (χ4v) is 5.33. The van der Waals surface area contributed by atoms with Crippen LogP contribution in [-0.4, -0.2) is 81.3 Å². The van der Waals surface area contributed by atoms with E-state index in [9.17, 15) is 13.2 Å². The van der Waals surface area contributed by atoms with Gasteiger partial charge in [0.2, 0.25) is 15.9 Å². The SMILES string of the molecule is CCCS(=O)(=O)N1CCCC(C(=O)NCC2CN(CC(C)C)CCO2)C1. The van der Waals surface area contributed by atoms with Gasteiger partial charge in [-0.1, -0.05) is 20.8 Å². The smallest absolute Gasteiger partial charge is 0.224 e. The topological polar surface area (TPSA) is 79.0 Å². The first-order valence-corrected chi connectivity index (χ1v) is 11.5. The second-order valence-corrected chi connectivity index (χ2v) is 9.99. The molecule has 8 heteroatoms. The molecule has 2 aliphatic heterocycles. The summed E-state index contributed by atoms with van der Waals surface area (Å²) in [6, 6.07) is 0. The number of carbonyl (C=O) groups is 1. The number of piperidine rings is 1. The monoisotopic (exact) mass is 389 g/mol. The summed E-state index contributed by atoms with van der Waals surface area (Å²) in [5.74, 6) is 0.460. The third kappa shape index (κ3) is 6.48. The zero-order valence-electron chi connectivity index (χ0n) is 16.4. The largest absolute Gasteiger partial charge is 0.374 e. The van der Waals surface area contributed by atoms with Crippen molar-refractivity contribution in [2.75, 3.05) is 51.6 Å². The highest BCUT2D eigenvalue weighted by Gasteiger charge is 2.32. The maximum atomic E-state index is 12.5. The molecule has 26 heavy (non-hydrogen) atoms. The molecule has 2 saturated heterocycles. The Bertz CT molecular complexity index is 553. The Morgan fingerprint density at radius 1 is 1.27 bits per heavy atom. The van der Waals surface area contributed by atoms with Crippen LogP contribution >= 0.6 is 0 Å². The van der Waals surface area contributed by atoms with E-state index < -0.39 is 10.0 Å². The average Bonchev–Trinajstić information content (AvgIpc) is 2.59. The molecule has 1 N–H and O–H groups in total. The Morgan fingerprint density at radius 2 is 2.04 bits per heavy atom. The van der Waals surface area contributed by atoms with Gasteiger partial charge >= 0.3 is 0 Å². The number of amides is 1. The van der Waals surface area contributed by atoms with E-state index in [-0.39, 0.29) is 23.7 Å². The number of carbonyl (C=O) groups excluding carboxylic acids is 1. The number of hydrogen-bond acceptors (Lipinski definition) is 5. The normalized spacial score (nSPS) is 26.2. The van der Waals surface area contributed by atoms with Crippen LogP contribution in [0, 0.1) is 11.8 Å². The minimum Gasteiger partial charge on any atom is -0.374 e. The summed E-state index contributed by atoms with van der Waals surface area (Å²) in [5, 5.41) is 2.99. The van der Waals surface area contributed by atoms with Crippen molar-refractivity contribution in [1.29, 1.82) is 0 Å². The molecule has 2 aliphatic rings. The minimum absolute atomic E-state index is 0.00923. The van der Waals surface area contributed by atoms with Crippen molar-refractivity contribution in [3.63, 3.8) is 0 Å². The van der Waals surface area contributed by atoms with Gasteiger partial charge in [-0.25, -0.2) is 12.7 Å². The van der Waals surface area contributed by atoms with Crippen molar-refractivity contribution in [2.24, 2.45) is 11.8 Å². The van der Waals surface area contributed by atoms with E-state index in [1.54, 1.807) is 0 Å². The summed E-state index contributed by atoms with van der Waals surface area (Å²) in [6.07, 6.45) is 2.09. The molecule has 0 aromatic carbocycles. The molecule has 0 aliphatic carbocycles. The number of sulfonamides is 1. The van der Waals surface area contributed by atoms with Crippen LogP contribution in [0.1, 0.15) is 40.0 Å². The highest BCUT2D eigenvalue weighted by atomic mass is 32.2. The van der Waals surface area contributed by atoms with Crippen LogP contribution in [0.25, 0.3) is 0 Å². The van der Waals surface area contributed by atoms with Gasteiger partial charge in [0.05, 0.1) is 24.4 Å². The van der Waals surface area contributed by atoms with Crippen molar-refractivity contribution in [3.05, 3.63) is 0 Å². The molecule has 2 atom stereocenters. The predicted octanol–water partition coefficient (Wildman–Crippen LogP) is 0.911. The third-order valence-electron chi connectivity index (χ3n) is 4.96. The molecule has 152 valence electrons.